The molecule has 0 saturated heterocycles. The summed E-state index contributed by atoms with van der Waals surface area (Å²) in [6.07, 6.45) is -1.48. The van der Waals surface area contributed by atoms with Gasteiger partial charge in [-0.25, -0.2) is 0 Å². The number of hydrogen-bond acceptors (Lipinski definition) is 2. The van der Waals surface area contributed by atoms with Crippen LogP contribution in [0.25, 0.3) is 11.1 Å². The van der Waals surface area contributed by atoms with Crippen molar-refractivity contribution in [1.82, 2.24) is 0 Å². The Bertz CT molecular complexity index is 1010. The van der Waals surface area contributed by atoms with Gasteiger partial charge >= 0.3 is 6.20 Å². The first-order chi connectivity index (χ1) is 14.9. The van der Waals surface area contributed by atoms with Crippen molar-refractivity contribution in [3.05, 3.63) is 121 Å². The summed E-state index contributed by atoms with van der Waals surface area (Å²) in [5, 5.41) is 0.426. The number of rotatable bonds is 3. The topological polar surface area (TPSA) is 17.1 Å². The summed E-state index contributed by atoms with van der Waals surface area (Å²) in [5.74, 6) is 0. The first-order valence-corrected chi connectivity index (χ1v) is 16.8. The zero-order valence-electron chi connectivity index (χ0n) is 16.6. The molecule has 0 aromatic heterocycles. The molecular weight excluding hydrogens is 494 g/mol. The molecule has 0 radical (unpaired) electrons. The number of thiol groups is 3. The minimum Gasteiger partial charge on any atom is -0.133 e. The second kappa shape index (κ2) is 14.0. The van der Waals surface area contributed by atoms with Gasteiger partial charge in [-0.05, 0) is 26.3 Å². The lowest BCUT2D eigenvalue weighted by Gasteiger charge is -2.16. The van der Waals surface area contributed by atoms with Crippen molar-refractivity contribution in [1.29, 1.82) is 0 Å². The Morgan fingerprint density at radius 3 is 1.03 bits per heavy atom. The predicted molar refractivity (Wildman–Crippen MR) is 153 cm³/mol. The summed E-state index contributed by atoms with van der Waals surface area (Å²) in [5.41, 5.74) is 2.55. The fourth-order valence-corrected chi connectivity index (χ4v) is 5.65. The van der Waals surface area contributed by atoms with E-state index in [9.17, 15) is 4.57 Å². The van der Waals surface area contributed by atoms with Gasteiger partial charge in [-0.15, -0.1) is 12.2 Å². The summed E-state index contributed by atoms with van der Waals surface area (Å²) in [6, 6.07) is 41.0. The molecule has 4 rings (SSSR count). The summed E-state index contributed by atoms with van der Waals surface area (Å²) in [6.45, 7) is 0. The van der Waals surface area contributed by atoms with Gasteiger partial charge < -0.3 is 0 Å². The Labute approximate surface area is 206 Å². The molecule has 0 bridgehead atoms. The zero-order valence-corrected chi connectivity index (χ0v) is 21.9. The van der Waals surface area contributed by atoms with E-state index in [1.807, 2.05) is 48.5 Å². The standard InChI is InChI=1S/C12H11PS2.C12H10.HOPS2/c14-13(15,11-7-3-1-4-8-11)12-9-5-2-6-10-12;1-3-7-11(8-4-1)12-9-5-2-6-10-12;1-2(3)4/h1-10H,(H,14,15);1-10H;(H-,1,3,4)/p+1. The zero-order chi connectivity index (χ0) is 22.5. The molecule has 0 spiro atoms. The Morgan fingerprint density at radius 1 is 0.548 bits per heavy atom. The molecule has 0 atom stereocenters. The highest BCUT2D eigenvalue weighted by Crippen LogP contribution is 2.48. The Kier molecular flexibility index (Phi) is 11.7. The molecular formula is C24H23OP2S4+. The molecule has 4 aromatic rings. The molecule has 0 heterocycles. The van der Waals surface area contributed by atoms with Crippen LogP contribution in [0, 0.1) is 0 Å². The van der Waals surface area contributed by atoms with E-state index >= 15 is 0 Å². The Morgan fingerprint density at radius 2 is 0.774 bits per heavy atom. The van der Waals surface area contributed by atoms with Gasteiger partial charge in [0.2, 0.25) is 0 Å². The van der Waals surface area contributed by atoms with Crippen molar-refractivity contribution < 1.29 is 4.57 Å². The fraction of sp³-hybridized carbons (Fsp3) is 0. The van der Waals surface area contributed by atoms with Crippen LogP contribution in [0.1, 0.15) is 0 Å². The van der Waals surface area contributed by atoms with Crippen LogP contribution in [-0.4, -0.2) is 0 Å². The monoisotopic (exact) mass is 517 g/mol. The average Bonchev–Trinajstić information content (AvgIpc) is 2.81. The van der Waals surface area contributed by atoms with E-state index < -0.39 is 11.4 Å². The van der Waals surface area contributed by atoms with E-state index in [4.69, 9.17) is 24.1 Å². The second-order valence-corrected chi connectivity index (χ2v) is 16.3. The van der Waals surface area contributed by atoms with Gasteiger partial charge in [-0.1, -0.05) is 133 Å². The molecule has 7 heteroatoms. The van der Waals surface area contributed by atoms with Gasteiger partial charge in [-0.3, -0.25) is 0 Å². The smallest absolute Gasteiger partial charge is 0.133 e. The van der Waals surface area contributed by atoms with Crippen molar-refractivity contribution >= 4 is 70.6 Å². The van der Waals surface area contributed by atoms with Crippen LogP contribution in [0.5, 0.6) is 0 Å². The molecule has 0 aliphatic heterocycles. The summed E-state index contributed by atoms with van der Waals surface area (Å²) in [7, 11) is 0. The van der Waals surface area contributed by atoms with Crippen molar-refractivity contribution in [3.8, 4) is 11.1 Å². The Balaban J connectivity index is 0.000000192. The van der Waals surface area contributed by atoms with Crippen LogP contribution < -0.4 is 10.6 Å². The maximum atomic E-state index is 9.32. The lowest BCUT2D eigenvalue weighted by molar-refractivity contribution is 0.604. The number of benzene rings is 4. The van der Waals surface area contributed by atoms with Gasteiger partial charge in [0.25, 0.3) is 0 Å². The third-order valence-corrected chi connectivity index (χ3v) is 8.74. The molecule has 0 aliphatic carbocycles. The first kappa shape index (κ1) is 25.9. The van der Waals surface area contributed by atoms with Crippen molar-refractivity contribution in [3.63, 3.8) is 0 Å². The molecule has 0 aliphatic rings. The highest BCUT2D eigenvalue weighted by Gasteiger charge is 2.16. The SMILES string of the molecule is O=[P+](S)S.S=P(S)(c1ccccc1)c1ccccc1.c1ccc(-c2ccccc2)cc1. The van der Waals surface area contributed by atoms with Crippen LogP contribution in [-0.2, 0) is 16.4 Å². The molecule has 0 N–H and O–H groups in total. The van der Waals surface area contributed by atoms with Gasteiger partial charge in [-0.2, -0.15) is 0 Å². The Hall–Kier alpha value is -1.32. The lowest BCUT2D eigenvalue weighted by Crippen LogP contribution is -2.10. The van der Waals surface area contributed by atoms with Gasteiger partial charge in [0.05, 0.1) is 5.24 Å². The maximum absolute atomic E-state index is 9.32. The molecule has 4 aromatic carbocycles. The number of hydrogen-bond donors (Lipinski definition) is 3. The minimum absolute atomic E-state index is 1.15. The largest absolute Gasteiger partial charge is 0.477 e. The van der Waals surface area contributed by atoms with E-state index in [1.54, 1.807) is 0 Å². The van der Waals surface area contributed by atoms with Gasteiger partial charge in [0.15, 0.2) is 0 Å². The summed E-state index contributed by atoms with van der Waals surface area (Å²) >= 11 is 17.0. The molecule has 0 saturated carbocycles. The van der Waals surface area contributed by atoms with Crippen molar-refractivity contribution in [2.75, 3.05) is 0 Å². The molecule has 31 heavy (non-hydrogen) atoms. The first-order valence-electron chi connectivity index (χ1n) is 9.31. The van der Waals surface area contributed by atoms with Crippen LogP contribution in [0.2, 0.25) is 0 Å². The van der Waals surface area contributed by atoms with E-state index in [1.165, 1.54) is 11.1 Å². The van der Waals surface area contributed by atoms with E-state index in [-0.39, 0.29) is 0 Å². The maximum Gasteiger partial charge on any atom is 0.477 e. The highest BCUT2D eigenvalue weighted by molar-refractivity contribution is 8.73. The summed E-state index contributed by atoms with van der Waals surface area (Å²) < 4.78 is 9.32. The molecule has 158 valence electrons. The lowest BCUT2D eigenvalue weighted by atomic mass is 10.1. The molecule has 0 unspecified atom stereocenters. The van der Waals surface area contributed by atoms with E-state index in [2.05, 4.69) is 97.3 Å². The average molecular weight is 518 g/mol. The van der Waals surface area contributed by atoms with Crippen LogP contribution in [0.3, 0.4) is 0 Å². The van der Waals surface area contributed by atoms with Crippen LogP contribution >= 0.6 is 48.2 Å². The minimum atomic E-state index is -1.87. The second-order valence-electron chi connectivity index (χ2n) is 6.23. The summed E-state index contributed by atoms with van der Waals surface area (Å²) in [4.78, 5) is 0. The van der Waals surface area contributed by atoms with Crippen molar-refractivity contribution in [2.45, 2.75) is 0 Å². The van der Waals surface area contributed by atoms with Crippen LogP contribution in [0.15, 0.2) is 121 Å². The van der Waals surface area contributed by atoms with Crippen molar-refractivity contribution in [2.24, 2.45) is 0 Å². The van der Waals surface area contributed by atoms with Crippen LogP contribution in [0.4, 0.5) is 0 Å². The highest BCUT2D eigenvalue weighted by atomic mass is 33.0. The third kappa shape index (κ3) is 9.37. The fourth-order valence-electron chi connectivity index (χ4n) is 2.67. The normalized spacial score (nSPS) is 10.0. The van der Waals surface area contributed by atoms with Gasteiger partial charge in [0, 0.05) is 0 Å². The molecule has 0 amide bonds. The van der Waals surface area contributed by atoms with E-state index in [0.29, 0.717) is 0 Å². The van der Waals surface area contributed by atoms with E-state index in [0.717, 1.165) is 10.6 Å². The predicted octanol–water partition coefficient (Wildman–Crippen LogP) is 7.82. The van der Waals surface area contributed by atoms with Gasteiger partial charge in [0.1, 0.15) is 24.5 Å². The molecule has 1 nitrogen and oxygen atoms in total. The third-order valence-electron chi connectivity index (χ3n) is 4.09. The quantitative estimate of drug-likeness (QED) is 0.190. The molecule has 0 fully saturated rings.